The molecule has 0 saturated carbocycles. The number of aromatic nitrogens is 1. The highest BCUT2D eigenvalue weighted by Crippen LogP contribution is 2.34. The van der Waals surface area contributed by atoms with Crippen LogP contribution in [-0.2, 0) is 0 Å². The van der Waals surface area contributed by atoms with Crippen molar-refractivity contribution in [1.29, 1.82) is 0 Å². The van der Waals surface area contributed by atoms with Crippen LogP contribution < -0.4 is 5.73 Å². The van der Waals surface area contributed by atoms with Crippen LogP contribution in [0.5, 0.6) is 0 Å². The number of benzene rings is 1. The van der Waals surface area contributed by atoms with E-state index in [1.165, 1.54) is 17.6 Å². The quantitative estimate of drug-likeness (QED) is 0.853. The summed E-state index contributed by atoms with van der Waals surface area (Å²) in [6, 6.07) is 9.70. The van der Waals surface area contributed by atoms with Gasteiger partial charge >= 0.3 is 0 Å². The van der Waals surface area contributed by atoms with Crippen LogP contribution in [0.25, 0.3) is 5.57 Å². The van der Waals surface area contributed by atoms with Gasteiger partial charge in [0.25, 0.3) is 5.91 Å². The van der Waals surface area contributed by atoms with Crippen LogP contribution in [0.15, 0.2) is 48.8 Å². The lowest BCUT2D eigenvalue weighted by Gasteiger charge is -2.32. The van der Waals surface area contributed by atoms with Crippen LogP contribution in [0.3, 0.4) is 0 Å². The zero-order chi connectivity index (χ0) is 20.2. The van der Waals surface area contributed by atoms with E-state index in [9.17, 15) is 9.59 Å². The van der Waals surface area contributed by atoms with Crippen LogP contribution in [0.1, 0.15) is 76.3 Å². The van der Waals surface area contributed by atoms with Gasteiger partial charge in [-0.25, -0.2) is 0 Å². The van der Waals surface area contributed by atoms with Crippen molar-refractivity contribution in [2.75, 3.05) is 13.1 Å². The number of hydrogen-bond acceptors (Lipinski definition) is 3. The maximum absolute atomic E-state index is 12.7. The molecule has 0 bridgehead atoms. The van der Waals surface area contributed by atoms with E-state index in [0.717, 1.165) is 50.8 Å². The van der Waals surface area contributed by atoms with Gasteiger partial charge in [-0.1, -0.05) is 18.2 Å². The lowest BCUT2D eigenvalue weighted by molar-refractivity contribution is 0.0712. The normalized spacial score (nSPS) is 17.7. The molecule has 29 heavy (non-hydrogen) atoms. The number of pyridine rings is 1. The van der Waals surface area contributed by atoms with Gasteiger partial charge in [-0.3, -0.25) is 14.6 Å². The minimum atomic E-state index is -0.366. The largest absolute Gasteiger partial charge is 0.366 e. The summed E-state index contributed by atoms with van der Waals surface area (Å²) in [5.41, 5.74) is 10.4. The number of allylic oxidation sites excluding steroid dienone is 2. The molecule has 1 aromatic carbocycles. The van der Waals surface area contributed by atoms with E-state index in [2.05, 4.69) is 17.1 Å². The van der Waals surface area contributed by atoms with Gasteiger partial charge in [0.2, 0.25) is 5.91 Å². The predicted octanol–water partition coefficient (Wildman–Crippen LogP) is 4.16. The van der Waals surface area contributed by atoms with Gasteiger partial charge in [0.15, 0.2) is 0 Å². The second-order valence-corrected chi connectivity index (χ2v) is 7.95. The third kappa shape index (κ3) is 4.24. The maximum atomic E-state index is 12.7. The van der Waals surface area contributed by atoms with E-state index in [0.29, 0.717) is 17.0 Å². The van der Waals surface area contributed by atoms with Gasteiger partial charge in [0.05, 0.1) is 5.56 Å². The van der Waals surface area contributed by atoms with Gasteiger partial charge in [0, 0.05) is 31.0 Å². The van der Waals surface area contributed by atoms with Gasteiger partial charge < -0.3 is 10.6 Å². The Hall–Kier alpha value is -2.95. The number of carbonyl (C=O) groups excluding carboxylic acids is 2. The summed E-state index contributed by atoms with van der Waals surface area (Å²) in [4.78, 5) is 30.6. The molecule has 5 heteroatoms. The molecular weight excluding hydrogens is 362 g/mol. The monoisotopic (exact) mass is 389 g/mol. The Morgan fingerprint density at radius 2 is 1.93 bits per heavy atom. The number of carbonyl (C=O) groups is 2. The lowest BCUT2D eigenvalue weighted by atomic mass is 9.84. The fourth-order valence-electron chi connectivity index (χ4n) is 4.47. The fraction of sp³-hybridized carbons (Fsp3) is 0.375. The molecule has 4 rings (SSSR count). The summed E-state index contributed by atoms with van der Waals surface area (Å²) in [6.45, 7) is 1.46. The van der Waals surface area contributed by atoms with Crippen molar-refractivity contribution >= 4 is 17.4 Å². The molecule has 1 saturated heterocycles. The third-order valence-electron chi connectivity index (χ3n) is 6.11. The average Bonchev–Trinajstić information content (AvgIpc) is 2.79. The molecule has 0 unspecified atom stereocenters. The maximum Gasteiger partial charge on any atom is 0.255 e. The molecule has 2 aromatic rings. The van der Waals surface area contributed by atoms with Crippen molar-refractivity contribution in [2.45, 2.75) is 44.4 Å². The van der Waals surface area contributed by atoms with Gasteiger partial charge in [0.1, 0.15) is 0 Å². The first-order valence-electron chi connectivity index (χ1n) is 10.5. The van der Waals surface area contributed by atoms with Crippen molar-refractivity contribution in [3.63, 3.8) is 0 Å². The molecule has 1 fully saturated rings. The Morgan fingerprint density at radius 3 is 2.59 bits per heavy atom. The van der Waals surface area contributed by atoms with Crippen molar-refractivity contribution in [2.24, 2.45) is 5.73 Å². The summed E-state index contributed by atoms with van der Waals surface area (Å²) in [5, 5.41) is 0. The Labute approximate surface area is 171 Å². The number of rotatable bonds is 4. The topological polar surface area (TPSA) is 76.3 Å². The number of likely N-dealkylation sites (tertiary alicyclic amines) is 1. The molecule has 2 amide bonds. The highest BCUT2D eigenvalue weighted by atomic mass is 16.2. The number of nitrogens with two attached hydrogens (primary N) is 1. The van der Waals surface area contributed by atoms with E-state index in [1.54, 1.807) is 18.5 Å². The van der Waals surface area contributed by atoms with Gasteiger partial charge in [-0.15, -0.1) is 0 Å². The minimum absolute atomic E-state index is 0.0497. The van der Waals surface area contributed by atoms with Crippen molar-refractivity contribution in [3.8, 4) is 0 Å². The SMILES string of the molecule is NC(=O)c1ccc(C2CCN(C(=O)c3cccnc3)CC2)cc1C1=CCCCC1. The number of piperidine rings is 1. The molecule has 0 atom stereocenters. The standard InChI is InChI=1S/C24H27N3O2/c25-23(28)21-9-8-19(15-22(21)18-5-2-1-3-6-18)17-10-13-27(14-11-17)24(29)20-7-4-12-26-16-20/h4-5,7-9,12,15-17H,1-3,6,10-11,13-14H2,(H2,25,28). The first kappa shape index (κ1) is 19.4. The van der Waals surface area contributed by atoms with Crippen LogP contribution in [0, 0.1) is 0 Å². The van der Waals surface area contributed by atoms with E-state index >= 15 is 0 Å². The Bertz CT molecular complexity index is 928. The first-order valence-corrected chi connectivity index (χ1v) is 10.5. The zero-order valence-electron chi connectivity index (χ0n) is 16.6. The predicted molar refractivity (Wildman–Crippen MR) is 114 cm³/mol. The molecule has 1 aliphatic carbocycles. The van der Waals surface area contributed by atoms with Crippen LogP contribution in [0.2, 0.25) is 0 Å². The molecule has 5 nitrogen and oxygen atoms in total. The van der Waals surface area contributed by atoms with E-state index in [-0.39, 0.29) is 11.8 Å². The van der Waals surface area contributed by atoms with Crippen molar-refractivity contribution < 1.29 is 9.59 Å². The van der Waals surface area contributed by atoms with Gasteiger partial charge in [-0.2, -0.15) is 0 Å². The lowest BCUT2D eigenvalue weighted by Crippen LogP contribution is -2.38. The molecule has 1 aliphatic heterocycles. The Kier molecular flexibility index (Phi) is 5.74. The minimum Gasteiger partial charge on any atom is -0.366 e. The third-order valence-corrected chi connectivity index (χ3v) is 6.11. The second-order valence-electron chi connectivity index (χ2n) is 7.95. The smallest absolute Gasteiger partial charge is 0.255 e. The van der Waals surface area contributed by atoms with Crippen molar-refractivity contribution in [1.82, 2.24) is 9.88 Å². The molecule has 0 spiro atoms. The molecule has 2 aliphatic rings. The highest BCUT2D eigenvalue weighted by Gasteiger charge is 2.26. The van der Waals surface area contributed by atoms with E-state index in [4.69, 9.17) is 5.73 Å². The zero-order valence-corrected chi connectivity index (χ0v) is 16.6. The summed E-state index contributed by atoms with van der Waals surface area (Å²) in [7, 11) is 0. The number of hydrogen-bond donors (Lipinski definition) is 1. The molecule has 2 N–H and O–H groups in total. The molecular formula is C24H27N3O2. The molecule has 150 valence electrons. The van der Waals surface area contributed by atoms with Crippen molar-refractivity contribution in [3.05, 3.63) is 71.1 Å². The molecule has 0 radical (unpaired) electrons. The summed E-state index contributed by atoms with van der Waals surface area (Å²) < 4.78 is 0. The summed E-state index contributed by atoms with van der Waals surface area (Å²) >= 11 is 0. The fourth-order valence-corrected chi connectivity index (χ4v) is 4.47. The average molecular weight is 389 g/mol. The highest BCUT2D eigenvalue weighted by molar-refractivity contribution is 5.98. The first-order chi connectivity index (χ1) is 14.1. The van der Waals surface area contributed by atoms with E-state index in [1.807, 2.05) is 23.1 Å². The number of primary amides is 1. The van der Waals surface area contributed by atoms with Crippen LogP contribution >= 0.6 is 0 Å². The Balaban J connectivity index is 1.50. The summed E-state index contributed by atoms with van der Waals surface area (Å²) in [6.07, 6.45) is 11.8. The summed E-state index contributed by atoms with van der Waals surface area (Å²) in [5.74, 6) is 0.0707. The molecule has 1 aromatic heterocycles. The van der Waals surface area contributed by atoms with Crippen LogP contribution in [-0.4, -0.2) is 34.8 Å². The van der Waals surface area contributed by atoms with Crippen LogP contribution in [0.4, 0.5) is 0 Å². The Morgan fingerprint density at radius 1 is 1.10 bits per heavy atom. The number of amides is 2. The van der Waals surface area contributed by atoms with Gasteiger partial charge in [-0.05, 0) is 79.3 Å². The number of nitrogens with zero attached hydrogens (tertiary/aromatic N) is 2. The van der Waals surface area contributed by atoms with E-state index < -0.39 is 0 Å². The molecule has 2 heterocycles. The second kappa shape index (κ2) is 8.60.